The Labute approximate surface area is 311 Å². The second-order valence-corrected chi connectivity index (χ2v) is 13.8. The van der Waals surface area contributed by atoms with Gasteiger partial charge >= 0.3 is 0 Å². The number of ether oxygens (including phenoxy) is 2. The number of nitrogens with one attached hydrogen (secondary N) is 3. The maximum atomic E-state index is 13.0. The van der Waals surface area contributed by atoms with E-state index in [-0.39, 0.29) is 12.5 Å². The molecule has 2 aliphatic rings. The lowest BCUT2D eigenvalue weighted by Crippen LogP contribution is -2.28. The van der Waals surface area contributed by atoms with Crippen molar-refractivity contribution in [2.24, 2.45) is 0 Å². The first kappa shape index (κ1) is 34.8. The van der Waals surface area contributed by atoms with Gasteiger partial charge in [-0.3, -0.25) is 14.8 Å². The first-order valence-electron chi connectivity index (χ1n) is 18.1. The Morgan fingerprint density at radius 1 is 1.06 bits per heavy atom. The Morgan fingerprint density at radius 3 is 2.69 bits per heavy atom. The summed E-state index contributed by atoms with van der Waals surface area (Å²) in [5.74, 6) is 1.98. The highest BCUT2D eigenvalue weighted by Gasteiger charge is 2.18. The lowest BCUT2D eigenvalue weighted by Gasteiger charge is -2.25. The Bertz CT molecular complexity index is 2570. The molecular weight excluding hydrogens is 681 g/mol. The zero-order valence-electron chi connectivity index (χ0n) is 30.4. The summed E-state index contributed by atoms with van der Waals surface area (Å²) >= 11 is 0. The van der Waals surface area contributed by atoms with Crippen molar-refractivity contribution in [3.8, 4) is 11.9 Å². The molecule has 0 saturated carbocycles. The van der Waals surface area contributed by atoms with Gasteiger partial charge in [0, 0.05) is 59.0 Å². The van der Waals surface area contributed by atoms with Gasteiger partial charge in [0.15, 0.2) is 0 Å². The van der Waals surface area contributed by atoms with E-state index in [2.05, 4.69) is 44.5 Å². The molecule has 12 nitrogen and oxygen atoms in total. The number of imidazole rings is 1. The number of hydrogen-bond acceptors (Lipinski definition) is 9. The van der Waals surface area contributed by atoms with Gasteiger partial charge in [0.05, 0.1) is 46.5 Å². The fourth-order valence-corrected chi connectivity index (χ4v) is 6.69. The average molecular weight is 721 g/mol. The summed E-state index contributed by atoms with van der Waals surface area (Å²) in [5, 5.41) is 21.4. The number of furan rings is 1. The number of hydrogen-bond donors (Lipinski definition) is 3. The van der Waals surface area contributed by atoms with Gasteiger partial charge in [0.25, 0.3) is 5.91 Å². The van der Waals surface area contributed by atoms with Crippen molar-refractivity contribution >= 4 is 50.1 Å². The molecule has 7 aromatic rings. The molecule has 0 aliphatic carbocycles. The van der Waals surface area contributed by atoms with E-state index in [0.717, 1.165) is 82.0 Å². The predicted molar refractivity (Wildman–Crippen MR) is 207 cm³/mol. The largest absolute Gasteiger partial charge is 0.473 e. The van der Waals surface area contributed by atoms with Crippen molar-refractivity contribution in [3.63, 3.8) is 0 Å². The number of fused-ring (bicyclic) bond motifs is 3. The molecule has 0 radical (unpaired) electrons. The van der Waals surface area contributed by atoms with Crippen molar-refractivity contribution in [2.45, 2.75) is 52.9 Å². The molecule has 2 aliphatic heterocycles. The minimum absolute atomic E-state index is 0.180. The number of aryl methyl sites for hydroxylation is 2. The molecule has 6 heterocycles. The van der Waals surface area contributed by atoms with E-state index in [1.807, 2.05) is 74.5 Å². The molecule has 4 aromatic heterocycles. The number of rotatable bonds is 8. The van der Waals surface area contributed by atoms with Crippen LogP contribution in [0.15, 0.2) is 83.3 Å². The number of benzene rings is 3. The van der Waals surface area contributed by atoms with Crippen molar-refractivity contribution < 1.29 is 18.7 Å². The van der Waals surface area contributed by atoms with E-state index < -0.39 is 0 Å². The summed E-state index contributed by atoms with van der Waals surface area (Å²) in [7, 11) is 0. The van der Waals surface area contributed by atoms with Crippen LogP contribution in [0.4, 0.5) is 5.69 Å². The number of aromatic amines is 2. The first-order chi connectivity index (χ1) is 26.3. The quantitative estimate of drug-likeness (QED) is 0.142. The summed E-state index contributed by atoms with van der Waals surface area (Å²) in [4.78, 5) is 28.3. The number of carbonyl (C=O) groups is 1. The zero-order chi connectivity index (χ0) is 37.2. The number of nitrogens with zero attached hydrogens (tertiary/aromatic N) is 5. The third-order valence-corrected chi connectivity index (χ3v) is 9.83. The highest BCUT2D eigenvalue weighted by atomic mass is 16.5. The number of carbonyl (C=O) groups excluding carboxylic acids is 1. The number of H-pyrrole nitrogens is 2. The molecule has 272 valence electrons. The van der Waals surface area contributed by atoms with Gasteiger partial charge in [-0.05, 0) is 93.8 Å². The van der Waals surface area contributed by atoms with E-state index in [0.29, 0.717) is 40.9 Å². The zero-order valence-corrected chi connectivity index (χ0v) is 30.4. The van der Waals surface area contributed by atoms with E-state index >= 15 is 0 Å². The van der Waals surface area contributed by atoms with Crippen LogP contribution in [0.3, 0.4) is 0 Å². The molecule has 3 N–H and O–H groups in total. The van der Waals surface area contributed by atoms with Crippen LogP contribution in [0.2, 0.25) is 0 Å². The van der Waals surface area contributed by atoms with Crippen molar-refractivity contribution in [1.82, 2.24) is 30.0 Å². The lowest BCUT2D eigenvalue weighted by molar-refractivity contribution is -0.0375. The van der Waals surface area contributed by atoms with E-state index in [1.165, 1.54) is 12.0 Å². The van der Waals surface area contributed by atoms with Crippen LogP contribution in [-0.4, -0.2) is 61.8 Å². The lowest BCUT2D eigenvalue weighted by atomic mass is 10.0. The average Bonchev–Trinajstić information content (AvgIpc) is 3.89. The SMILES string of the molecule is C[C@@H]1CCO1.Cc1cc2c(C#N)ccc(COc3cccc(C4=CCN(Cc5nc6ccc(NC(=O)c7ccc8n[nH]c(C)c8c7)cc6[nH]5)CC4)n3)c2o1. The summed E-state index contributed by atoms with van der Waals surface area (Å²) in [6.07, 6.45) is 4.89. The molecule has 1 amide bonds. The topological polar surface area (TPSA) is 158 Å². The molecule has 0 bridgehead atoms. The summed E-state index contributed by atoms with van der Waals surface area (Å²) in [6.45, 7) is 9.47. The van der Waals surface area contributed by atoms with Gasteiger partial charge in [-0.1, -0.05) is 18.2 Å². The Hall–Kier alpha value is -6.29. The van der Waals surface area contributed by atoms with Crippen molar-refractivity contribution in [1.29, 1.82) is 5.26 Å². The highest BCUT2D eigenvalue weighted by molar-refractivity contribution is 6.07. The monoisotopic (exact) mass is 720 g/mol. The van der Waals surface area contributed by atoms with Gasteiger partial charge in [-0.2, -0.15) is 10.4 Å². The Morgan fingerprint density at radius 2 is 1.91 bits per heavy atom. The normalized spacial score (nSPS) is 15.7. The van der Waals surface area contributed by atoms with Crippen LogP contribution in [0.25, 0.3) is 38.5 Å². The van der Waals surface area contributed by atoms with Crippen LogP contribution < -0.4 is 10.1 Å². The third kappa shape index (κ3) is 7.45. The molecule has 1 saturated heterocycles. The molecule has 1 fully saturated rings. The fourth-order valence-electron chi connectivity index (χ4n) is 6.69. The van der Waals surface area contributed by atoms with Gasteiger partial charge in [-0.15, -0.1) is 0 Å². The minimum atomic E-state index is -0.180. The molecule has 0 unspecified atom stereocenters. The molecule has 9 rings (SSSR count). The molecule has 0 spiro atoms. The van der Waals surface area contributed by atoms with Crippen molar-refractivity contribution in [2.75, 3.05) is 25.0 Å². The van der Waals surface area contributed by atoms with Crippen LogP contribution in [0.5, 0.6) is 5.88 Å². The molecule has 1 atom stereocenters. The predicted octanol–water partition coefficient (Wildman–Crippen LogP) is 7.98. The number of anilines is 1. The van der Waals surface area contributed by atoms with E-state index in [9.17, 15) is 10.1 Å². The molecule has 12 heteroatoms. The number of pyridine rings is 1. The maximum absolute atomic E-state index is 13.0. The Balaban J connectivity index is 0.000000766. The standard InChI is InChI=1S/C38H32N8O3.C4H8O/c1-22-16-30-26(19-39)6-7-27(37(30)49-22)21-48-36-5-3-4-31(43-36)24-12-14-46(15-13-24)20-35-41-33-11-9-28(18-34(33)42-35)40-38(47)25-8-10-32-29(17-25)23(2)44-45-32;1-4-2-3-5-4/h3-12,16-18H,13-15,20-21H2,1-2H3,(H,40,47)(H,41,42)(H,44,45);4H,2-3H2,1H3/t;4-/m.1/s1. The van der Waals surface area contributed by atoms with Gasteiger partial charge in [-0.25, -0.2) is 9.97 Å². The van der Waals surface area contributed by atoms with Crippen LogP contribution in [0, 0.1) is 25.2 Å². The molecular formula is C42H40N8O4. The van der Waals surface area contributed by atoms with Crippen LogP contribution in [-0.2, 0) is 17.9 Å². The summed E-state index contributed by atoms with van der Waals surface area (Å²) < 4.78 is 16.9. The number of amides is 1. The van der Waals surface area contributed by atoms with Crippen LogP contribution in [0.1, 0.15) is 64.2 Å². The molecule has 3 aromatic carbocycles. The van der Waals surface area contributed by atoms with Crippen molar-refractivity contribution in [3.05, 3.63) is 119 Å². The first-order valence-corrected chi connectivity index (χ1v) is 18.1. The van der Waals surface area contributed by atoms with Gasteiger partial charge in [0.1, 0.15) is 23.8 Å². The van der Waals surface area contributed by atoms with Gasteiger partial charge in [0.2, 0.25) is 5.88 Å². The third-order valence-electron chi connectivity index (χ3n) is 9.83. The Kier molecular flexibility index (Phi) is 9.65. The minimum Gasteiger partial charge on any atom is -0.473 e. The fraction of sp³-hybridized carbons (Fsp3) is 0.262. The van der Waals surface area contributed by atoms with E-state index in [4.69, 9.17) is 23.9 Å². The highest BCUT2D eigenvalue weighted by Crippen LogP contribution is 2.29. The van der Waals surface area contributed by atoms with Gasteiger partial charge < -0.3 is 24.2 Å². The maximum Gasteiger partial charge on any atom is 0.255 e. The summed E-state index contributed by atoms with van der Waals surface area (Å²) in [6, 6.07) is 24.8. The van der Waals surface area contributed by atoms with Crippen LogP contribution >= 0.6 is 0 Å². The molecule has 54 heavy (non-hydrogen) atoms. The second-order valence-electron chi connectivity index (χ2n) is 13.8. The second kappa shape index (κ2) is 15.0. The van der Waals surface area contributed by atoms with E-state index in [1.54, 1.807) is 12.1 Å². The smallest absolute Gasteiger partial charge is 0.255 e. The number of aromatic nitrogens is 5. The summed E-state index contributed by atoms with van der Waals surface area (Å²) in [5.41, 5.74) is 8.95. The number of nitriles is 1.